The van der Waals surface area contributed by atoms with Gasteiger partial charge in [0.1, 0.15) is 5.76 Å². The van der Waals surface area contributed by atoms with Gasteiger partial charge in [-0.15, -0.1) is 11.6 Å². The molecule has 90 valence electrons. The number of carbonyl (C=O) groups is 1. The molecule has 0 N–H and O–H groups in total. The molecular weight excluding hydrogens is 236 g/mol. The van der Waals surface area contributed by atoms with Crippen molar-refractivity contribution in [2.45, 2.75) is 31.7 Å². The van der Waals surface area contributed by atoms with Gasteiger partial charge in [-0.05, 0) is 26.3 Å². The Kier molecular flexibility index (Phi) is 3.00. The molecule has 1 atom stereocenters. The second kappa shape index (κ2) is 4.19. The molecule has 0 aromatic heterocycles. The summed E-state index contributed by atoms with van der Waals surface area (Å²) in [5, 5.41) is 0. The van der Waals surface area contributed by atoms with Crippen LogP contribution in [0.15, 0.2) is 36.1 Å². The lowest BCUT2D eigenvalue weighted by molar-refractivity contribution is -0.118. The molecule has 0 radical (unpaired) electrons. The maximum Gasteiger partial charge on any atom is 0.195 e. The summed E-state index contributed by atoms with van der Waals surface area (Å²) in [6.07, 6.45) is 0.00915. The van der Waals surface area contributed by atoms with E-state index in [4.69, 9.17) is 16.3 Å². The fourth-order valence-electron chi connectivity index (χ4n) is 1.89. The third-order valence-corrected chi connectivity index (χ3v) is 3.07. The smallest absolute Gasteiger partial charge is 0.195 e. The first kappa shape index (κ1) is 12.2. The van der Waals surface area contributed by atoms with Crippen LogP contribution in [-0.2, 0) is 9.53 Å². The van der Waals surface area contributed by atoms with E-state index in [1.807, 2.05) is 44.2 Å². The molecule has 0 fully saturated rings. The summed E-state index contributed by atoms with van der Waals surface area (Å²) in [5.74, 6) is 0.520. The molecule has 0 amide bonds. The Bertz CT molecular complexity index is 472. The maximum absolute atomic E-state index is 12.0. The van der Waals surface area contributed by atoms with E-state index >= 15 is 0 Å². The molecule has 0 heterocycles. The molecule has 2 nitrogen and oxygen atoms in total. The van der Waals surface area contributed by atoms with E-state index in [9.17, 15) is 4.79 Å². The van der Waals surface area contributed by atoms with Crippen molar-refractivity contribution in [3.63, 3.8) is 0 Å². The Morgan fingerprint density at radius 1 is 1.24 bits per heavy atom. The van der Waals surface area contributed by atoms with Gasteiger partial charge in [-0.3, -0.25) is 4.79 Å². The number of carbonyl (C=O) groups excluding carboxylic acids is 1. The minimum Gasteiger partial charge on any atom is -0.492 e. The van der Waals surface area contributed by atoms with Gasteiger partial charge in [-0.2, -0.15) is 0 Å². The van der Waals surface area contributed by atoms with Crippen molar-refractivity contribution in [2.75, 3.05) is 0 Å². The summed E-state index contributed by atoms with van der Waals surface area (Å²) < 4.78 is 5.67. The van der Waals surface area contributed by atoms with Crippen LogP contribution in [0.1, 0.15) is 26.3 Å². The van der Waals surface area contributed by atoms with Gasteiger partial charge in [-0.25, -0.2) is 0 Å². The van der Waals surface area contributed by atoms with Gasteiger partial charge in [0, 0.05) is 0 Å². The van der Waals surface area contributed by atoms with Gasteiger partial charge in [0.05, 0.1) is 11.7 Å². The number of benzene rings is 1. The van der Waals surface area contributed by atoms with Gasteiger partial charge in [0.2, 0.25) is 0 Å². The zero-order valence-electron chi connectivity index (χ0n) is 10.2. The molecule has 0 spiro atoms. The number of rotatable bonds is 3. The Labute approximate surface area is 106 Å². The van der Waals surface area contributed by atoms with E-state index < -0.39 is 4.87 Å². The average Bonchev–Trinajstić information content (AvgIpc) is 2.29. The highest BCUT2D eigenvalue weighted by atomic mass is 35.5. The number of hydrogen-bond acceptors (Lipinski definition) is 2. The first-order valence-electron chi connectivity index (χ1n) is 5.65. The predicted molar refractivity (Wildman–Crippen MR) is 68.8 cm³/mol. The zero-order chi connectivity index (χ0) is 12.6. The molecule has 1 aliphatic rings. The zero-order valence-corrected chi connectivity index (χ0v) is 10.9. The largest absolute Gasteiger partial charge is 0.492 e. The van der Waals surface area contributed by atoms with Crippen LogP contribution >= 0.6 is 11.6 Å². The molecular formula is C14H15ClO2. The molecule has 0 aliphatic heterocycles. The number of alkyl halides is 1. The number of ketones is 1. The third-order valence-electron chi connectivity index (χ3n) is 2.72. The maximum atomic E-state index is 12.0. The van der Waals surface area contributed by atoms with Crippen LogP contribution in [-0.4, -0.2) is 16.8 Å². The standard InChI is InChI=1S/C14H15ClO2/c1-9(2)17-13-11(12(16)14(13,3)15)10-7-5-4-6-8-10/h4-9H,1-3H3. The SMILES string of the molecule is CC(C)OC1=C(c2ccccc2)C(=O)C1(C)Cl. The van der Waals surface area contributed by atoms with Crippen LogP contribution in [0.3, 0.4) is 0 Å². The van der Waals surface area contributed by atoms with Crippen molar-refractivity contribution >= 4 is 23.0 Å². The molecule has 1 aromatic rings. The molecule has 17 heavy (non-hydrogen) atoms. The molecule has 1 aromatic carbocycles. The Hall–Kier alpha value is -1.28. The number of allylic oxidation sites excluding steroid dienone is 2. The molecule has 3 heteroatoms. The lowest BCUT2D eigenvalue weighted by Gasteiger charge is -2.37. The Morgan fingerprint density at radius 2 is 1.82 bits per heavy atom. The lowest BCUT2D eigenvalue weighted by atomic mass is 9.79. The number of hydrogen-bond donors (Lipinski definition) is 0. The summed E-state index contributed by atoms with van der Waals surface area (Å²) in [6, 6.07) is 9.49. The molecule has 1 unspecified atom stereocenters. The first-order valence-corrected chi connectivity index (χ1v) is 6.03. The van der Waals surface area contributed by atoms with E-state index in [-0.39, 0.29) is 11.9 Å². The van der Waals surface area contributed by atoms with Gasteiger partial charge in [0.15, 0.2) is 10.7 Å². The quantitative estimate of drug-likeness (QED) is 0.769. The van der Waals surface area contributed by atoms with Crippen LogP contribution in [0.2, 0.25) is 0 Å². The molecule has 0 saturated carbocycles. The van der Waals surface area contributed by atoms with Gasteiger partial charge >= 0.3 is 0 Å². The monoisotopic (exact) mass is 250 g/mol. The van der Waals surface area contributed by atoms with E-state index in [1.54, 1.807) is 6.92 Å². The second-order valence-electron chi connectivity index (χ2n) is 4.57. The summed E-state index contributed by atoms with van der Waals surface area (Å²) >= 11 is 6.18. The van der Waals surface area contributed by atoms with Crippen molar-refractivity contribution in [3.05, 3.63) is 41.7 Å². The second-order valence-corrected chi connectivity index (χ2v) is 5.32. The Morgan fingerprint density at radius 3 is 2.35 bits per heavy atom. The summed E-state index contributed by atoms with van der Waals surface area (Å²) in [7, 11) is 0. The fraction of sp³-hybridized carbons (Fsp3) is 0.357. The molecule has 0 bridgehead atoms. The predicted octanol–water partition coefficient (Wildman–Crippen LogP) is 3.40. The van der Waals surface area contributed by atoms with Crippen LogP contribution < -0.4 is 0 Å². The highest BCUT2D eigenvalue weighted by molar-refractivity contribution is 6.52. The summed E-state index contributed by atoms with van der Waals surface area (Å²) in [4.78, 5) is 11.0. The topological polar surface area (TPSA) is 26.3 Å². The van der Waals surface area contributed by atoms with Crippen LogP contribution in [0.25, 0.3) is 5.57 Å². The van der Waals surface area contributed by atoms with Crippen molar-refractivity contribution < 1.29 is 9.53 Å². The average molecular weight is 251 g/mol. The summed E-state index contributed by atoms with van der Waals surface area (Å²) in [5.41, 5.74) is 1.48. The lowest BCUT2D eigenvalue weighted by Crippen LogP contribution is -2.44. The van der Waals surface area contributed by atoms with Crippen molar-refractivity contribution in [3.8, 4) is 0 Å². The third kappa shape index (κ3) is 1.98. The van der Waals surface area contributed by atoms with Crippen molar-refractivity contribution in [1.82, 2.24) is 0 Å². The minimum atomic E-state index is -1.00. The first-order chi connectivity index (χ1) is 7.94. The van der Waals surface area contributed by atoms with Gasteiger partial charge in [-0.1, -0.05) is 30.3 Å². The van der Waals surface area contributed by atoms with Crippen molar-refractivity contribution in [2.24, 2.45) is 0 Å². The molecule has 1 aliphatic carbocycles. The molecule has 2 rings (SSSR count). The highest BCUT2D eigenvalue weighted by Gasteiger charge is 2.51. The number of halogens is 1. The number of ether oxygens (including phenoxy) is 1. The normalized spacial score (nSPS) is 23.9. The highest BCUT2D eigenvalue weighted by Crippen LogP contribution is 2.46. The van der Waals surface area contributed by atoms with E-state index in [1.165, 1.54) is 0 Å². The van der Waals surface area contributed by atoms with Crippen LogP contribution in [0, 0.1) is 0 Å². The van der Waals surface area contributed by atoms with E-state index in [0.717, 1.165) is 5.56 Å². The van der Waals surface area contributed by atoms with Gasteiger partial charge < -0.3 is 4.74 Å². The molecule has 0 saturated heterocycles. The van der Waals surface area contributed by atoms with Crippen LogP contribution in [0.4, 0.5) is 0 Å². The number of Topliss-reactive ketones (excluding diaryl/α,β-unsaturated/α-hetero) is 1. The van der Waals surface area contributed by atoms with Gasteiger partial charge in [0.25, 0.3) is 0 Å². The Balaban J connectivity index is 2.46. The van der Waals surface area contributed by atoms with Crippen molar-refractivity contribution in [1.29, 1.82) is 0 Å². The summed E-state index contributed by atoms with van der Waals surface area (Å²) in [6.45, 7) is 5.53. The van der Waals surface area contributed by atoms with E-state index in [2.05, 4.69) is 0 Å². The minimum absolute atomic E-state index is 0.00915. The van der Waals surface area contributed by atoms with Crippen LogP contribution in [0.5, 0.6) is 0 Å². The van der Waals surface area contributed by atoms with E-state index in [0.29, 0.717) is 11.3 Å². The fourth-order valence-corrected chi connectivity index (χ4v) is 2.12.